The molecular weight excluding hydrogens is 533 g/mol. The molecule has 0 aromatic heterocycles. The first-order chi connectivity index (χ1) is 16.0. The molecule has 1 atom stereocenters. The number of carbonyl (C=O) groups is 2. The number of benzene rings is 2. The lowest BCUT2D eigenvalue weighted by Gasteiger charge is -2.33. The molecule has 0 spiro atoms. The van der Waals surface area contributed by atoms with E-state index in [2.05, 4.69) is 5.32 Å². The molecule has 0 aliphatic rings. The Bertz CT molecular complexity index is 1190. The fourth-order valence-corrected chi connectivity index (χ4v) is 4.96. The number of rotatable bonds is 8. The number of halogens is 3. The van der Waals surface area contributed by atoms with Crippen LogP contribution < -0.4 is 9.62 Å². The van der Waals surface area contributed by atoms with E-state index in [1.165, 1.54) is 4.90 Å². The largest absolute Gasteiger partial charge is 0.350 e. The highest BCUT2D eigenvalue weighted by Crippen LogP contribution is 2.30. The molecule has 2 aromatic carbocycles. The lowest BCUT2D eigenvalue weighted by Crippen LogP contribution is -2.54. The van der Waals surface area contributed by atoms with Gasteiger partial charge in [-0.1, -0.05) is 46.9 Å². The molecule has 192 valence electrons. The quantitative estimate of drug-likeness (QED) is 0.488. The zero-order valence-corrected chi connectivity index (χ0v) is 23.6. The number of hydrogen-bond donors (Lipinski definition) is 1. The van der Waals surface area contributed by atoms with E-state index in [-0.39, 0.29) is 12.2 Å². The van der Waals surface area contributed by atoms with Crippen LogP contribution in [-0.2, 0) is 26.2 Å². The van der Waals surface area contributed by atoms with Crippen molar-refractivity contribution in [2.45, 2.75) is 52.7 Å². The minimum absolute atomic E-state index is 0.0950. The van der Waals surface area contributed by atoms with Gasteiger partial charge in [0.1, 0.15) is 12.6 Å². The summed E-state index contributed by atoms with van der Waals surface area (Å²) < 4.78 is 26.4. The first-order valence-corrected chi connectivity index (χ1v) is 13.8. The van der Waals surface area contributed by atoms with E-state index in [1.807, 2.05) is 20.8 Å². The molecule has 0 radical (unpaired) electrons. The molecule has 0 saturated heterocycles. The lowest BCUT2D eigenvalue weighted by molar-refractivity contribution is -0.140. The molecule has 0 aliphatic carbocycles. The first-order valence-electron chi connectivity index (χ1n) is 10.8. The lowest BCUT2D eigenvalue weighted by atomic mass is 10.1. The second-order valence-corrected chi connectivity index (χ2v) is 12.4. The van der Waals surface area contributed by atoms with Crippen molar-refractivity contribution in [3.63, 3.8) is 0 Å². The number of carbonyl (C=O) groups excluding carboxylic acids is 2. The van der Waals surface area contributed by atoms with E-state index < -0.39 is 40.0 Å². The van der Waals surface area contributed by atoms with Gasteiger partial charge in [-0.3, -0.25) is 13.9 Å². The molecule has 7 nitrogen and oxygen atoms in total. The Kier molecular flexibility index (Phi) is 9.50. The van der Waals surface area contributed by atoms with Crippen LogP contribution in [0.1, 0.15) is 38.8 Å². The zero-order chi connectivity index (χ0) is 26.7. The standard InChI is InChI=1S/C24H30Cl3N3O4S/c1-15-18(25)9-8-12-21(15)30(35(6,33)34)14-22(31)29(16(2)23(32)28-24(3,4)5)13-17-19(26)10-7-11-20(17)27/h7-12,16H,13-14H2,1-6H3,(H,28,32)/t16-/m1/s1. The van der Waals surface area contributed by atoms with Crippen molar-refractivity contribution < 1.29 is 18.0 Å². The molecule has 2 rings (SSSR count). The maximum absolute atomic E-state index is 13.6. The summed E-state index contributed by atoms with van der Waals surface area (Å²) in [5.41, 5.74) is 0.686. The van der Waals surface area contributed by atoms with Gasteiger partial charge in [-0.2, -0.15) is 0 Å². The Morgan fingerprint density at radius 3 is 2.03 bits per heavy atom. The maximum Gasteiger partial charge on any atom is 0.244 e. The third-order valence-electron chi connectivity index (χ3n) is 5.24. The van der Waals surface area contributed by atoms with Crippen LogP contribution in [0.4, 0.5) is 5.69 Å². The van der Waals surface area contributed by atoms with Crippen LogP contribution in [0.15, 0.2) is 36.4 Å². The number of nitrogens with zero attached hydrogens (tertiary/aromatic N) is 2. The molecule has 0 aliphatic heterocycles. The van der Waals surface area contributed by atoms with Crippen LogP contribution in [0, 0.1) is 6.92 Å². The molecule has 35 heavy (non-hydrogen) atoms. The van der Waals surface area contributed by atoms with Crippen LogP contribution in [0.5, 0.6) is 0 Å². The molecular formula is C24H30Cl3N3O4S. The number of amides is 2. The molecule has 0 bridgehead atoms. The Hall–Kier alpha value is -2.00. The third kappa shape index (κ3) is 7.74. The highest BCUT2D eigenvalue weighted by molar-refractivity contribution is 7.92. The molecule has 0 fully saturated rings. The smallest absolute Gasteiger partial charge is 0.244 e. The van der Waals surface area contributed by atoms with Crippen LogP contribution in [-0.4, -0.2) is 49.5 Å². The van der Waals surface area contributed by atoms with Crippen molar-refractivity contribution in [3.8, 4) is 0 Å². The third-order valence-corrected chi connectivity index (χ3v) is 7.49. The van der Waals surface area contributed by atoms with Crippen molar-refractivity contribution in [1.29, 1.82) is 0 Å². The molecule has 2 aromatic rings. The highest BCUT2D eigenvalue weighted by atomic mass is 35.5. The second kappa shape index (κ2) is 11.4. The van der Waals surface area contributed by atoms with Crippen LogP contribution in [0.2, 0.25) is 15.1 Å². The van der Waals surface area contributed by atoms with E-state index in [1.54, 1.807) is 50.2 Å². The van der Waals surface area contributed by atoms with E-state index in [9.17, 15) is 18.0 Å². The predicted molar refractivity (Wildman–Crippen MR) is 143 cm³/mol. The van der Waals surface area contributed by atoms with Gasteiger partial charge in [-0.15, -0.1) is 0 Å². The minimum atomic E-state index is -3.88. The summed E-state index contributed by atoms with van der Waals surface area (Å²) in [5.74, 6) is -1.01. The Morgan fingerprint density at radius 1 is 1.00 bits per heavy atom. The highest BCUT2D eigenvalue weighted by Gasteiger charge is 2.32. The SMILES string of the molecule is Cc1c(Cl)cccc1N(CC(=O)N(Cc1c(Cl)cccc1Cl)[C@H](C)C(=O)NC(C)(C)C)S(C)(=O)=O. The monoisotopic (exact) mass is 561 g/mol. The van der Waals surface area contributed by atoms with Gasteiger partial charge < -0.3 is 10.2 Å². The van der Waals surface area contributed by atoms with Crippen molar-refractivity contribution in [2.24, 2.45) is 0 Å². The van der Waals surface area contributed by atoms with Crippen molar-refractivity contribution >= 4 is 62.3 Å². The molecule has 2 amide bonds. The Balaban J connectivity index is 2.51. The summed E-state index contributed by atoms with van der Waals surface area (Å²) in [5, 5.41) is 3.86. The summed E-state index contributed by atoms with van der Waals surface area (Å²) in [6.45, 7) is 8.06. The summed E-state index contributed by atoms with van der Waals surface area (Å²) in [7, 11) is -3.88. The first kappa shape index (κ1) is 29.2. The van der Waals surface area contributed by atoms with E-state index in [0.717, 1.165) is 10.6 Å². The van der Waals surface area contributed by atoms with Crippen molar-refractivity contribution in [1.82, 2.24) is 10.2 Å². The van der Waals surface area contributed by atoms with Gasteiger partial charge in [0, 0.05) is 32.7 Å². The number of hydrogen-bond acceptors (Lipinski definition) is 4. The van der Waals surface area contributed by atoms with Crippen LogP contribution in [0.25, 0.3) is 0 Å². The van der Waals surface area contributed by atoms with Crippen molar-refractivity contribution in [3.05, 3.63) is 62.6 Å². The zero-order valence-electron chi connectivity index (χ0n) is 20.5. The summed E-state index contributed by atoms with van der Waals surface area (Å²) >= 11 is 18.9. The van der Waals surface area contributed by atoms with Gasteiger partial charge >= 0.3 is 0 Å². The Labute approximate surface area is 222 Å². The van der Waals surface area contributed by atoms with Crippen molar-refractivity contribution in [2.75, 3.05) is 17.1 Å². The summed E-state index contributed by atoms with van der Waals surface area (Å²) in [6, 6.07) is 8.79. The van der Waals surface area contributed by atoms with E-state index in [0.29, 0.717) is 26.2 Å². The molecule has 1 N–H and O–H groups in total. The van der Waals surface area contributed by atoms with Gasteiger partial charge in [0.2, 0.25) is 21.8 Å². The number of sulfonamides is 1. The molecule has 0 saturated carbocycles. The molecule has 11 heteroatoms. The average molecular weight is 563 g/mol. The van der Waals surface area contributed by atoms with Crippen LogP contribution in [0.3, 0.4) is 0 Å². The normalized spacial score (nSPS) is 12.7. The van der Waals surface area contributed by atoms with Gasteiger partial charge in [0.25, 0.3) is 0 Å². The predicted octanol–water partition coefficient (Wildman–Crippen LogP) is 5.05. The topological polar surface area (TPSA) is 86.8 Å². The Morgan fingerprint density at radius 2 is 1.51 bits per heavy atom. The maximum atomic E-state index is 13.6. The summed E-state index contributed by atoms with van der Waals surface area (Å²) in [6.07, 6.45) is 1.01. The molecule has 0 heterocycles. The minimum Gasteiger partial charge on any atom is -0.350 e. The van der Waals surface area contributed by atoms with E-state index >= 15 is 0 Å². The summed E-state index contributed by atoms with van der Waals surface area (Å²) in [4.78, 5) is 27.9. The number of nitrogens with one attached hydrogen (secondary N) is 1. The van der Waals surface area contributed by atoms with Crippen LogP contribution >= 0.6 is 34.8 Å². The van der Waals surface area contributed by atoms with Gasteiger partial charge in [0.15, 0.2) is 0 Å². The fourth-order valence-electron chi connectivity index (χ4n) is 3.37. The van der Waals surface area contributed by atoms with E-state index in [4.69, 9.17) is 34.8 Å². The second-order valence-electron chi connectivity index (χ2n) is 9.29. The fraction of sp³-hybridized carbons (Fsp3) is 0.417. The number of anilines is 1. The molecule has 0 unspecified atom stereocenters. The van der Waals surface area contributed by atoms with Gasteiger partial charge in [-0.25, -0.2) is 8.42 Å². The average Bonchev–Trinajstić information content (AvgIpc) is 2.71. The van der Waals surface area contributed by atoms with Gasteiger partial charge in [-0.05, 0) is 64.4 Å². The van der Waals surface area contributed by atoms with Gasteiger partial charge in [0.05, 0.1) is 11.9 Å².